The number of anilines is 1. The van der Waals surface area contributed by atoms with E-state index in [2.05, 4.69) is 15.6 Å². The molecule has 0 fully saturated rings. The van der Waals surface area contributed by atoms with Crippen molar-refractivity contribution in [2.45, 2.75) is 19.5 Å². The number of aromatic nitrogens is 2. The van der Waals surface area contributed by atoms with E-state index in [-0.39, 0.29) is 17.3 Å². The van der Waals surface area contributed by atoms with Crippen molar-refractivity contribution < 1.29 is 4.79 Å². The lowest BCUT2D eigenvalue weighted by molar-refractivity contribution is 0.249. The highest BCUT2D eigenvalue weighted by molar-refractivity contribution is 5.89. The monoisotopic (exact) mass is 348 g/mol. The Morgan fingerprint density at radius 3 is 2.54 bits per heavy atom. The number of urea groups is 1. The van der Waals surface area contributed by atoms with Gasteiger partial charge < -0.3 is 15.2 Å². The van der Waals surface area contributed by atoms with E-state index in [1.807, 2.05) is 49.4 Å². The molecule has 2 N–H and O–H groups in total. The highest BCUT2D eigenvalue weighted by Gasteiger charge is 2.11. The second-order valence-electron chi connectivity index (χ2n) is 5.94. The molecular formula is C20H20N4O2. The van der Waals surface area contributed by atoms with E-state index in [1.165, 1.54) is 0 Å². The lowest BCUT2D eigenvalue weighted by atomic mass is 10.1. The van der Waals surface area contributed by atoms with E-state index in [0.717, 1.165) is 11.1 Å². The molecule has 1 atom stereocenters. The van der Waals surface area contributed by atoms with Gasteiger partial charge in [0, 0.05) is 18.6 Å². The predicted molar refractivity (Wildman–Crippen MR) is 101 cm³/mol. The standard InChI is InChI=1S/C20H20N4O2/c1-15(17-9-11-21-12-10-17)22-20(26)23-18-8-5-13-24(19(18)25)14-16-6-3-2-4-7-16/h2-13,15H,14H2,1H3,(H2,22,23,26)/t15-/m1/s1. The molecular weight excluding hydrogens is 328 g/mol. The minimum Gasteiger partial charge on any atom is -0.331 e. The summed E-state index contributed by atoms with van der Waals surface area (Å²) in [6.07, 6.45) is 5.05. The van der Waals surface area contributed by atoms with Crippen LogP contribution in [0.2, 0.25) is 0 Å². The fourth-order valence-corrected chi connectivity index (χ4v) is 2.63. The minimum atomic E-state index is -0.427. The summed E-state index contributed by atoms with van der Waals surface area (Å²) in [6, 6.07) is 16.1. The van der Waals surface area contributed by atoms with Crippen LogP contribution >= 0.6 is 0 Å². The van der Waals surface area contributed by atoms with Crippen LogP contribution < -0.4 is 16.2 Å². The molecule has 1 aromatic carbocycles. The van der Waals surface area contributed by atoms with Crippen LogP contribution in [-0.4, -0.2) is 15.6 Å². The summed E-state index contributed by atoms with van der Waals surface area (Å²) in [6.45, 7) is 2.32. The zero-order chi connectivity index (χ0) is 18.4. The Kier molecular flexibility index (Phi) is 5.43. The zero-order valence-electron chi connectivity index (χ0n) is 14.4. The lowest BCUT2D eigenvalue weighted by Crippen LogP contribution is -2.34. The largest absolute Gasteiger partial charge is 0.331 e. The van der Waals surface area contributed by atoms with Gasteiger partial charge in [-0.1, -0.05) is 30.3 Å². The Bertz CT molecular complexity index is 923. The van der Waals surface area contributed by atoms with Gasteiger partial charge in [-0.05, 0) is 42.3 Å². The van der Waals surface area contributed by atoms with E-state index in [1.54, 1.807) is 35.3 Å². The van der Waals surface area contributed by atoms with Crippen molar-refractivity contribution >= 4 is 11.7 Å². The molecule has 0 saturated heterocycles. The summed E-state index contributed by atoms with van der Waals surface area (Å²) in [5.41, 5.74) is 1.94. The smallest absolute Gasteiger partial charge is 0.319 e. The van der Waals surface area contributed by atoms with Crippen LogP contribution in [0, 0.1) is 0 Å². The van der Waals surface area contributed by atoms with Gasteiger partial charge in [0.15, 0.2) is 0 Å². The number of nitrogens with zero attached hydrogens (tertiary/aromatic N) is 2. The molecule has 0 unspecified atom stereocenters. The van der Waals surface area contributed by atoms with Gasteiger partial charge in [-0.2, -0.15) is 0 Å². The maximum absolute atomic E-state index is 12.6. The van der Waals surface area contributed by atoms with Crippen LogP contribution in [0.15, 0.2) is 78.0 Å². The quantitative estimate of drug-likeness (QED) is 0.743. The van der Waals surface area contributed by atoms with E-state index in [0.29, 0.717) is 6.54 Å². The van der Waals surface area contributed by atoms with Crippen LogP contribution in [0.3, 0.4) is 0 Å². The zero-order valence-corrected chi connectivity index (χ0v) is 14.4. The molecule has 0 aliphatic rings. The molecule has 26 heavy (non-hydrogen) atoms. The van der Waals surface area contributed by atoms with Crippen LogP contribution in [0.25, 0.3) is 0 Å². The third kappa shape index (κ3) is 4.36. The van der Waals surface area contributed by atoms with Gasteiger partial charge in [0.2, 0.25) is 0 Å². The van der Waals surface area contributed by atoms with Crippen LogP contribution in [-0.2, 0) is 6.54 Å². The Labute approximate surface area is 151 Å². The predicted octanol–water partition coefficient (Wildman–Crippen LogP) is 3.17. The molecule has 6 nitrogen and oxygen atoms in total. The summed E-state index contributed by atoms with van der Waals surface area (Å²) in [7, 11) is 0. The molecule has 2 amide bonds. The van der Waals surface area contributed by atoms with E-state index in [4.69, 9.17) is 0 Å². The highest BCUT2D eigenvalue weighted by atomic mass is 16.2. The number of carbonyl (C=O) groups is 1. The molecule has 0 spiro atoms. The summed E-state index contributed by atoms with van der Waals surface area (Å²) < 4.78 is 1.57. The van der Waals surface area contributed by atoms with Crippen molar-refractivity contribution in [1.29, 1.82) is 0 Å². The molecule has 0 bridgehead atoms. The molecule has 0 radical (unpaired) electrons. The van der Waals surface area contributed by atoms with Crippen molar-refractivity contribution in [2.75, 3.05) is 5.32 Å². The van der Waals surface area contributed by atoms with Crippen LogP contribution in [0.1, 0.15) is 24.1 Å². The van der Waals surface area contributed by atoms with Gasteiger partial charge in [-0.15, -0.1) is 0 Å². The van der Waals surface area contributed by atoms with Crippen LogP contribution in [0.4, 0.5) is 10.5 Å². The summed E-state index contributed by atoms with van der Waals surface area (Å²) >= 11 is 0. The Morgan fingerprint density at radius 2 is 1.81 bits per heavy atom. The third-order valence-electron chi connectivity index (χ3n) is 4.02. The Balaban J connectivity index is 1.69. The van der Waals surface area contributed by atoms with E-state index >= 15 is 0 Å². The molecule has 2 aromatic heterocycles. The third-order valence-corrected chi connectivity index (χ3v) is 4.02. The topological polar surface area (TPSA) is 76.0 Å². The summed E-state index contributed by atoms with van der Waals surface area (Å²) in [5.74, 6) is 0. The maximum Gasteiger partial charge on any atom is 0.319 e. The molecule has 3 aromatic rings. The number of nitrogens with one attached hydrogen (secondary N) is 2. The first kappa shape index (κ1) is 17.4. The van der Waals surface area contributed by atoms with E-state index in [9.17, 15) is 9.59 Å². The maximum atomic E-state index is 12.6. The normalized spacial score (nSPS) is 11.6. The number of benzene rings is 1. The van der Waals surface area contributed by atoms with Crippen molar-refractivity contribution in [2.24, 2.45) is 0 Å². The summed E-state index contributed by atoms with van der Waals surface area (Å²) in [5, 5.41) is 5.45. The van der Waals surface area contributed by atoms with Gasteiger partial charge >= 0.3 is 6.03 Å². The van der Waals surface area contributed by atoms with E-state index < -0.39 is 6.03 Å². The minimum absolute atomic E-state index is 0.201. The number of pyridine rings is 2. The highest BCUT2D eigenvalue weighted by Crippen LogP contribution is 2.10. The fourth-order valence-electron chi connectivity index (χ4n) is 2.63. The number of carbonyl (C=O) groups excluding carboxylic acids is 1. The molecule has 6 heteroatoms. The van der Waals surface area contributed by atoms with Crippen molar-refractivity contribution in [3.63, 3.8) is 0 Å². The van der Waals surface area contributed by atoms with Gasteiger partial charge in [0.05, 0.1) is 12.6 Å². The lowest BCUT2D eigenvalue weighted by Gasteiger charge is -2.15. The molecule has 0 saturated carbocycles. The Hall–Kier alpha value is -3.41. The second kappa shape index (κ2) is 8.11. The summed E-state index contributed by atoms with van der Waals surface area (Å²) in [4.78, 5) is 28.8. The van der Waals surface area contributed by atoms with Gasteiger partial charge in [-0.25, -0.2) is 4.79 Å². The number of hydrogen-bond acceptors (Lipinski definition) is 3. The average molecular weight is 348 g/mol. The first-order valence-electron chi connectivity index (χ1n) is 8.34. The van der Waals surface area contributed by atoms with Crippen molar-refractivity contribution in [1.82, 2.24) is 14.9 Å². The Morgan fingerprint density at radius 1 is 1.08 bits per heavy atom. The fraction of sp³-hybridized carbons (Fsp3) is 0.150. The molecule has 0 aliphatic carbocycles. The number of hydrogen-bond donors (Lipinski definition) is 2. The van der Waals surface area contributed by atoms with Gasteiger partial charge in [0.25, 0.3) is 5.56 Å². The number of rotatable bonds is 5. The van der Waals surface area contributed by atoms with Crippen molar-refractivity contribution in [3.8, 4) is 0 Å². The SMILES string of the molecule is C[C@@H](NC(=O)Nc1cccn(Cc2ccccc2)c1=O)c1ccncc1. The first-order valence-corrected chi connectivity index (χ1v) is 8.34. The molecule has 3 rings (SSSR count). The average Bonchev–Trinajstić information content (AvgIpc) is 2.66. The first-order chi connectivity index (χ1) is 12.6. The molecule has 2 heterocycles. The molecule has 0 aliphatic heterocycles. The van der Waals surface area contributed by atoms with Crippen molar-refractivity contribution in [3.05, 3.63) is 94.7 Å². The molecule has 132 valence electrons. The number of amides is 2. The van der Waals surface area contributed by atoms with Crippen LogP contribution in [0.5, 0.6) is 0 Å². The van der Waals surface area contributed by atoms with Gasteiger partial charge in [-0.3, -0.25) is 9.78 Å². The second-order valence-corrected chi connectivity index (χ2v) is 5.94. The van der Waals surface area contributed by atoms with Gasteiger partial charge in [0.1, 0.15) is 5.69 Å².